The van der Waals surface area contributed by atoms with Gasteiger partial charge in [-0.15, -0.1) is 0 Å². The molecule has 35 heavy (non-hydrogen) atoms. The van der Waals surface area contributed by atoms with Gasteiger partial charge in [0.15, 0.2) is 0 Å². The Morgan fingerprint density at radius 2 is 1.77 bits per heavy atom. The summed E-state index contributed by atoms with van der Waals surface area (Å²) in [6, 6.07) is 16.0. The molecule has 2 aromatic carbocycles. The third-order valence-corrected chi connectivity index (χ3v) is 5.87. The Hall–Kier alpha value is -2.74. The Balaban J connectivity index is 1.92. The highest BCUT2D eigenvalue weighted by molar-refractivity contribution is 5.44. The van der Waals surface area contributed by atoms with Crippen LogP contribution in [0.1, 0.15) is 51.8 Å². The number of hydrogen-bond donors (Lipinski definition) is 1. The van der Waals surface area contributed by atoms with Gasteiger partial charge in [-0.05, 0) is 63.1 Å². The zero-order valence-corrected chi connectivity index (χ0v) is 21.3. The van der Waals surface area contributed by atoms with E-state index in [1.165, 1.54) is 12.1 Å². The highest BCUT2D eigenvalue weighted by atomic mass is 19.1. The molecule has 1 N–H and O–H groups in total. The van der Waals surface area contributed by atoms with Gasteiger partial charge in [-0.3, -0.25) is 4.90 Å². The van der Waals surface area contributed by atoms with Crippen LogP contribution < -0.4 is 4.74 Å². The van der Waals surface area contributed by atoms with Crippen LogP contribution in [-0.2, 0) is 17.7 Å². The molecule has 0 saturated carbocycles. The van der Waals surface area contributed by atoms with Crippen molar-refractivity contribution in [3.8, 4) is 17.3 Å². The second kappa shape index (κ2) is 13.4. The van der Waals surface area contributed by atoms with Gasteiger partial charge in [-0.2, -0.15) is 5.10 Å². The lowest BCUT2D eigenvalue weighted by molar-refractivity contribution is 0.00841. The first kappa shape index (κ1) is 26.9. The molecular formula is C28H38FN3O3. The Labute approximate surface area is 208 Å². The molecule has 0 aliphatic carbocycles. The summed E-state index contributed by atoms with van der Waals surface area (Å²) < 4.78 is 27.4. The molecule has 0 spiro atoms. The summed E-state index contributed by atoms with van der Waals surface area (Å²) in [5.41, 5.74) is 2.58. The number of aliphatic hydroxyl groups is 1. The predicted molar refractivity (Wildman–Crippen MR) is 137 cm³/mol. The average molecular weight is 484 g/mol. The summed E-state index contributed by atoms with van der Waals surface area (Å²) in [6.45, 7) is 10.4. The summed E-state index contributed by atoms with van der Waals surface area (Å²) in [4.78, 5) is 2.21. The zero-order chi connectivity index (χ0) is 25.2. The van der Waals surface area contributed by atoms with Gasteiger partial charge in [0.25, 0.3) is 0 Å². The van der Waals surface area contributed by atoms with E-state index in [0.29, 0.717) is 44.4 Å². The minimum Gasteiger partial charge on any atom is -0.439 e. The lowest BCUT2D eigenvalue weighted by Crippen LogP contribution is -2.39. The van der Waals surface area contributed by atoms with Gasteiger partial charge in [0, 0.05) is 25.7 Å². The quantitative estimate of drug-likeness (QED) is 0.296. The van der Waals surface area contributed by atoms with E-state index in [0.717, 1.165) is 29.8 Å². The van der Waals surface area contributed by atoms with E-state index in [9.17, 15) is 9.50 Å². The summed E-state index contributed by atoms with van der Waals surface area (Å²) in [7, 11) is 0. The maximum atomic E-state index is 13.6. The molecule has 3 aromatic rings. The van der Waals surface area contributed by atoms with E-state index in [1.807, 2.05) is 30.3 Å². The largest absolute Gasteiger partial charge is 0.439 e. The number of aryl methyl sites for hydroxylation is 1. The molecule has 190 valence electrons. The number of aliphatic hydroxyl groups excluding tert-OH is 1. The molecule has 0 aliphatic heterocycles. The highest BCUT2D eigenvalue weighted by Gasteiger charge is 2.25. The van der Waals surface area contributed by atoms with E-state index in [1.54, 1.807) is 16.8 Å². The molecule has 1 aromatic heterocycles. The third-order valence-electron chi connectivity index (χ3n) is 5.87. The molecule has 0 bridgehead atoms. The number of hydrogen-bond acceptors (Lipinski definition) is 5. The van der Waals surface area contributed by atoms with Gasteiger partial charge in [-0.1, -0.05) is 38.5 Å². The van der Waals surface area contributed by atoms with Gasteiger partial charge < -0.3 is 14.6 Å². The van der Waals surface area contributed by atoms with Crippen molar-refractivity contribution in [2.75, 3.05) is 19.8 Å². The van der Waals surface area contributed by atoms with Crippen LogP contribution in [0.5, 0.6) is 11.6 Å². The van der Waals surface area contributed by atoms with Crippen LogP contribution in [0, 0.1) is 5.82 Å². The minimum atomic E-state index is -0.593. The highest BCUT2D eigenvalue weighted by Crippen LogP contribution is 2.32. The van der Waals surface area contributed by atoms with Crippen molar-refractivity contribution in [1.29, 1.82) is 0 Å². The number of ether oxygens (including phenoxy) is 2. The van der Waals surface area contributed by atoms with Crippen molar-refractivity contribution < 1.29 is 19.0 Å². The maximum absolute atomic E-state index is 13.6. The average Bonchev–Trinajstić information content (AvgIpc) is 3.19. The van der Waals surface area contributed by atoms with E-state index in [4.69, 9.17) is 14.6 Å². The molecule has 0 amide bonds. The number of nitrogens with zero attached hydrogens (tertiary/aromatic N) is 3. The maximum Gasteiger partial charge on any atom is 0.227 e. The Morgan fingerprint density at radius 1 is 1.06 bits per heavy atom. The van der Waals surface area contributed by atoms with Crippen molar-refractivity contribution in [3.63, 3.8) is 0 Å². The van der Waals surface area contributed by atoms with E-state index >= 15 is 0 Å². The molecular weight excluding hydrogens is 445 g/mol. The molecule has 7 heteroatoms. The first-order valence-electron chi connectivity index (χ1n) is 12.5. The fraction of sp³-hybridized carbons (Fsp3) is 0.464. The first-order valence-corrected chi connectivity index (χ1v) is 12.5. The lowest BCUT2D eigenvalue weighted by atomic mass is 10.1. The number of benzene rings is 2. The number of rotatable bonds is 14. The second-order valence-corrected chi connectivity index (χ2v) is 8.99. The van der Waals surface area contributed by atoms with Crippen molar-refractivity contribution in [1.82, 2.24) is 14.7 Å². The predicted octanol–water partition coefficient (Wildman–Crippen LogP) is 5.75. The number of aromatic nitrogens is 2. The summed E-state index contributed by atoms with van der Waals surface area (Å²) in [5, 5.41) is 15.5. The monoisotopic (exact) mass is 483 g/mol. The summed E-state index contributed by atoms with van der Waals surface area (Å²) in [5.74, 6) is 0.989. The van der Waals surface area contributed by atoms with Crippen molar-refractivity contribution >= 4 is 0 Å². The zero-order valence-electron chi connectivity index (χ0n) is 21.3. The Kier molecular flexibility index (Phi) is 10.3. The third kappa shape index (κ3) is 7.62. The molecule has 6 nitrogen and oxygen atoms in total. The number of halogens is 1. The molecule has 0 fully saturated rings. The Bertz CT molecular complexity index is 1020. The summed E-state index contributed by atoms with van der Waals surface area (Å²) in [6.07, 6.45) is 2.17. The number of unbranched alkanes of at least 4 members (excludes halogenated alkanes) is 1. The number of para-hydroxylation sites is 1. The van der Waals surface area contributed by atoms with Crippen molar-refractivity contribution in [2.45, 2.75) is 65.6 Å². The van der Waals surface area contributed by atoms with Crippen LogP contribution >= 0.6 is 0 Å². The van der Waals surface area contributed by atoms with Crippen LogP contribution in [0.4, 0.5) is 4.39 Å². The summed E-state index contributed by atoms with van der Waals surface area (Å²) >= 11 is 0. The lowest BCUT2D eigenvalue weighted by Gasteiger charge is -2.29. The molecule has 0 radical (unpaired) electrons. The SMILES string of the molecule is CCCCOCC(O)CN(Cc1c(CC)nn(-c2ccc(F)cc2)c1Oc1ccccc1)C(C)C. The van der Waals surface area contributed by atoms with Crippen LogP contribution in [-0.4, -0.2) is 51.7 Å². The van der Waals surface area contributed by atoms with Gasteiger partial charge in [0.1, 0.15) is 11.6 Å². The standard InChI is InChI=1S/C28H38FN3O3/c1-5-7-17-34-20-24(33)18-31(21(3)4)19-26-27(6-2)30-32(23-15-13-22(29)14-16-23)28(26)35-25-11-9-8-10-12-25/h8-16,21,24,33H,5-7,17-20H2,1-4H3. The fourth-order valence-corrected chi connectivity index (χ4v) is 3.83. The molecule has 1 heterocycles. The molecule has 1 unspecified atom stereocenters. The van der Waals surface area contributed by atoms with Gasteiger partial charge in [0.2, 0.25) is 5.88 Å². The second-order valence-electron chi connectivity index (χ2n) is 8.99. The van der Waals surface area contributed by atoms with Crippen LogP contribution in [0.3, 0.4) is 0 Å². The molecule has 0 saturated heterocycles. The first-order chi connectivity index (χ1) is 16.9. The van der Waals surface area contributed by atoms with E-state index in [-0.39, 0.29) is 11.9 Å². The van der Waals surface area contributed by atoms with Crippen LogP contribution in [0.25, 0.3) is 5.69 Å². The van der Waals surface area contributed by atoms with E-state index in [2.05, 4.69) is 32.6 Å². The van der Waals surface area contributed by atoms with Crippen LogP contribution in [0.2, 0.25) is 0 Å². The van der Waals surface area contributed by atoms with Gasteiger partial charge in [-0.25, -0.2) is 9.07 Å². The topological polar surface area (TPSA) is 59.8 Å². The van der Waals surface area contributed by atoms with E-state index < -0.39 is 6.10 Å². The smallest absolute Gasteiger partial charge is 0.227 e. The normalized spacial score (nSPS) is 12.5. The molecule has 1 atom stereocenters. The molecule has 3 rings (SSSR count). The minimum absolute atomic E-state index is 0.184. The molecule has 0 aliphatic rings. The van der Waals surface area contributed by atoms with Crippen molar-refractivity contribution in [2.24, 2.45) is 0 Å². The van der Waals surface area contributed by atoms with Gasteiger partial charge >= 0.3 is 0 Å². The van der Waals surface area contributed by atoms with Gasteiger partial charge in [0.05, 0.1) is 29.7 Å². The van der Waals surface area contributed by atoms with Crippen molar-refractivity contribution in [3.05, 3.63) is 71.7 Å². The fourth-order valence-electron chi connectivity index (χ4n) is 3.83. The Morgan fingerprint density at radius 3 is 2.40 bits per heavy atom. The van der Waals surface area contributed by atoms with Crippen LogP contribution in [0.15, 0.2) is 54.6 Å².